The number of carbonyl (C=O) groups is 1. The van der Waals surface area contributed by atoms with Crippen LogP contribution < -0.4 is 10.1 Å². The van der Waals surface area contributed by atoms with E-state index in [4.69, 9.17) is 9.15 Å². The van der Waals surface area contributed by atoms with Gasteiger partial charge in [0.15, 0.2) is 11.5 Å². The Labute approximate surface area is 161 Å². The molecule has 1 amide bonds. The number of phenolic OH excluding ortho intramolecular Hbond substituents is 1. The van der Waals surface area contributed by atoms with Crippen LogP contribution in [0.5, 0.6) is 11.5 Å². The highest BCUT2D eigenvalue weighted by Gasteiger charge is 2.17. The van der Waals surface area contributed by atoms with E-state index in [1.54, 1.807) is 42.9 Å². The molecule has 2 heterocycles. The minimum atomic E-state index is -0.216. The van der Waals surface area contributed by atoms with E-state index >= 15 is 0 Å². The van der Waals surface area contributed by atoms with Gasteiger partial charge in [-0.15, -0.1) is 0 Å². The normalized spacial score (nSPS) is 10.8. The van der Waals surface area contributed by atoms with Gasteiger partial charge in [0, 0.05) is 29.9 Å². The average Bonchev–Trinajstić information content (AvgIpc) is 3.17. The van der Waals surface area contributed by atoms with E-state index in [0.717, 1.165) is 22.1 Å². The molecule has 0 aliphatic carbocycles. The summed E-state index contributed by atoms with van der Waals surface area (Å²) < 4.78 is 10.9. The molecular weight excluding hydrogens is 356 g/mol. The lowest BCUT2D eigenvalue weighted by Crippen LogP contribution is -2.22. The molecule has 0 saturated carbocycles. The summed E-state index contributed by atoms with van der Waals surface area (Å²) in [5.74, 6) is 0.222. The number of furan rings is 1. The molecule has 2 aromatic carbocycles. The van der Waals surface area contributed by atoms with Crippen molar-refractivity contribution < 1.29 is 19.1 Å². The van der Waals surface area contributed by atoms with Crippen LogP contribution in [-0.4, -0.2) is 23.1 Å². The number of hydrogen-bond donors (Lipinski definition) is 2. The Bertz CT molecular complexity index is 1140. The molecular formula is C22H18N2O4. The van der Waals surface area contributed by atoms with Crippen molar-refractivity contribution in [2.45, 2.75) is 6.54 Å². The van der Waals surface area contributed by atoms with Gasteiger partial charge in [0.1, 0.15) is 5.58 Å². The molecule has 0 aliphatic heterocycles. The smallest absolute Gasteiger partial charge is 0.255 e. The van der Waals surface area contributed by atoms with Crippen molar-refractivity contribution in [2.75, 3.05) is 7.11 Å². The second-order valence-corrected chi connectivity index (χ2v) is 6.26. The second kappa shape index (κ2) is 7.44. The predicted octanol–water partition coefficient (Wildman–Crippen LogP) is 4.14. The molecule has 6 nitrogen and oxygen atoms in total. The summed E-state index contributed by atoms with van der Waals surface area (Å²) in [7, 11) is 1.50. The zero-order chi connectivity index (χ0) is 19.5. The largest absolute Gasteiger partial charge is 0.504 e. The Morgan fingerprint density at radius 3 is 2.79 bits per heavy atom. The fraction of sp³-hybridized carbons (Fsp3) is 0.0909. The number of hydrogen-bond acceptors (Lipinski definition) is 5. The van der Waals surface area contributed by atoms with Gasteiger partial charge in [0.25, 0.3) is 5.91 Å². The maximum Gasteiger partial charge on any atom is 0.255 e. The summed E-state index contributed by atoms with van der Waals surface area (Å²) in [4.78, 5) is 16.7. The molecule has 140 valence electrons. The van der Waals surface area contributed by atoms with Crippen molar-refractivity contribution in [2.24, 2.45) is 0 Å². The number of carbonyl (C=O) groups excluding carboxylic acids is 1. The van der Waals surface area contributed by atoms with Gasteiger partial charge in [-0.3, -0.25) is 9.78 Å². The van der Waals surface area contributed by atoms with Gasteiger partial charge in [0.2, 0.25) is 0 Å². The first kappa shape index (κ1) is 17.6. The van der Waals surface area contributed by atoms with E-state index < -0.39 is 0 Å². The summed E-state index contributed by atoms with van der Waals surface area (Å²) >= 11 is 0. The van der Waals surface area contributed by atoms with Gasteiger partial charge < -0.3 is 19.6 Å². The summed E-state index contributed by atoms with van der Waals surface area (Å²) in [6.07, 6.45) is 4.98. The number of ether oxygens (including phenoxy) is 1. The number of fused-ring (bicyclic) bond motifs is 1. The molecule has 0 spiro atoms. The van der Waals surface area contributed by atoms with Crippen LogP contribution in [0.25, 0.3) is 22.1 Å². The third kappa shape index (κ3) is 3.27. The Kier molecular flexibility index (Phi) is 4.68. The topological polar surface area (TPSA) is 84.6 Å². The number of methoxy groups -OCH3 is 1. The Morgan fingerprint density at radius 2 is 2.00 bits per heavy atom. The summed E-state index contributed by atoms with van der Waals surface area (Å²) in [5, 5.41) is 13.5. The van der Waals surface area contributed by atoms with Crippen LogP contribution >= 0.6 is 0 Å². The number of aromatic hydroxyl groups is 1. The maximum absolute atomic E-state index is 12.7. The van der Waals surface area contributed by atoms with Gasteiger partial charge in [-0.2, -0.15) is 0 Å². The van der Waals surface area contributed by atoms with Gasteiger partial charge in [-0.05, 0) is 41.5 Å². The van der Waals surface area contributed by atoms with Gasteiger partial charge in [0.05, 0.1) is 18.9 Å². The number of para-hydroxylation sites is 1. The molecule has 0 fully saturated rings. The standard InChI is InChI=1S/C22H18N2O4/c1-27-20-11-15(5-6-19(20)25)18-13-28-21-16(18)3-2-4-17(21)22(26)24-12-14-7-9-23-10-8-14/h2-11,13,25H,12H2,1H3,(H,24,26). The highest BCUT2D eigenvalue weighted by Crippen LogP contribution is 2.36. The third-order valence-corrected chi connectivity index (χ3v) is 4.54. The number of amides is 1. The van der Waals surface area contributed by atoms with E-state index in [9.17, 15) is 9.90 Å². The van der Waals surface area contributed by atoms with Crippen LogP contribution in [-0.2, 0) is 6.54 Å². The number of benzene rings is 2. The predicted molar refractivity (Wildman–Crippen MR) is 105 cm³/mol. The molecule has 6 heteroatoms. The van der Waals surface area contributed by atoms with Crippen molar-refractivity contribution in [3.63, 3.8) is 0 Å². The molecule has 0 aliphatic rings. The number of nitrogens with zero attached hydrogens (tertiary/aromatic N) is 1. The van der Waals surface area contributed by atoms with Crippen LogP contribution in [0.2, 0.25) is 0 Å². The van der Waals surface area contributed by atoms with E-state index in [1.807, 2.05) is 24.3 Å². The van der Waals surface area contributed by atoms with Crippen LogP contribution in [0.1, 0.15) is 15.9 Å². The third-order valence-electron chi connectivity index (χ3n) is 4.54. The van der Waals surface area contributed by atoms with Crippen molar-refractivity contribution >= 4 is 16.9 Å². The van der Waals surface area contributed by atoms with Crippen molar-refractivity contribution in [1.82, 2.24) is 10.3 Å². The molecule has 0 unspecified atom stereocenters. The highest BCUT2D eigenvalue weighted by atomic mass is 16.5. The number of phenols is 1. The number of nitrogens with one attached hydrogen (secondary N) is 1. The quantitative estimate of drug-likeness (QED) is 0.548. The first-order valence-electron chi connectivity index (χ1n) is 8.72. The molecule has 2 aromatic heterocycles. The van der Waals surface area contributed by atoms with Crippen LogP contribution in [0.15, 0.2) is 71.6 Å². The first-order chi connectivity index (χ1) is 13.7. The molecule has 0 radical (unpaired) electrons. The first-order valence-corrected chi connectivity index (χ1v) is 8.72. The summed E-state index contributed by atoms with van der Waals surface area (Å²) in [6.45, 7) is 0.403. The van der Waals surface area contributed by atoms with Gasteiger partial charge in [-0.1, -0.05) is 18.2 Å². The molecule has 4 aromatic rings. The zero-order valence-electron chi connectivity index (χ0n) is 15.2. The maximum atomic E-state index is 12.7. The van der Waals surface area contributed by atoms with E-state index in [2.05, 4.69) is 10.3 Å². The Hall–Kier alpha value is -3.80. The minimum Gasteiger partial charge on any atom is -0.504 e. The molecule has 28 heavy (non-hydrogen) atoms. The monoisotopic (exact) mass is 374 g/mol. The van der Waals surface area contributed by atoms with E-state index in [0.29, 0.717) is 23.4 Å². The van der Waals surface area contributed by atoms with Crippen LogP contribution in [0.3, 0.4) is 0 Å². The summed E-state index contributed by atoms with van der Waals surface area (Å²) in [6, 6.07) is 14.2. The van der Waals surface area contributed by atoms with Crippen LogP contribution in [0.4, 0.5) is 0 Å². The fourth-order valence-electron chi connectivity index (χ4n) is 3.08. The van der Waals surface area contributed by atoms with Gasteiger partial charge in [-0.25, -0.2) is 0 Å². The van der Waals surface area contributed by atoms with Crippen molar-refractivity contribution in [1.29, 1.82) is 0 Å². The molecule has 2 N–H and O–H groups in total. The molecule has 0 bridgehead atoms. The molecule has 0 saturated heterocycles. The van der Waals surface area contributed by atoms with Crippen molar-refractivity contribution in [3.05, 3.63) is 78.3 Å². The lowest BCUT2D eigenvalue weighted by atomic mass is 10.0. The SMILES string of the molecule is COc1cc(-c2coc3c(C(=O)NCc4ccncc4)cccc23)ccc1O. The summed E-state index contributed by atoms with van der Waals surface area (Å²) in [5.41, 5.74) is 3.58. The lowest BCUT2D eigenvalue weighted by Gasteiger charge is -2.07. The fourth-order valence-corrected chi connectivity index (χ4v) is 3.08. The minimum absolute atomic E-state index is 0.0650. The van der Waals surface area contributed by atoms with Crippen molar-refractivity contribution in [3.8, 4) is 22.6 Å². The number of rotatable bonds is 5. The number of aromatic nitrogens is 1. The van der Waals surface area contributed by atoms with E-state index in [1.165, 1.54) is 7.11 Å². The molecule has 4 rings (SSSR count). The lowest BCUT2D eigenvalue weighted by molar-refractivity contribution is 0.0951. The highest BCUT2D eigenvalue weighted by molar-refractivity contribution is 6.08. The Balaban J connectivity index is 1.66. The Morgan fingerprint density at radius 1 is 1.18 bits per heavy atom. The van der Waals surface area contributed by atoms with E-state index in [-0.39, 0.29) is 11.7 Å². The zero-order valence-corrected chi connectivity index (χ0v) is 15.2. The van der Waals surface area contributed by atoms with Gasteiger partial charge >= 0.3 is 0 Å². The average molecular weight is 374 g/mol. The molecule has 0 atom stereocenters. The second-order valence-electron chi connectivity index (χ2n) is 6.26. The van der Waals surface area contributed by atoms with Crippen LogP contribution in [0, 0.1) is 0 Å². The number of pyridine rings is 1.